The molecule has 1 aromatic rings. The molecule has 0 saturated carbocycles. The largest absolute Gasteiger partial charge is 0.326 e. The van der Waals surface area contributed by atoms with E-state index in [0.29, 0.717) is 13.0 Å². The average molecular weight is 242 g/mol. The number of nitrogens with zero attached hydrogens (tertiary/aromatic N) is 2. The van der Waals surface area contributed by atoms with Crippen LogP contribution in [0.4, 0.5) is 5.82 Å². The summed E-state index contributed by atoms with van der Waals surface area (Å²) in [7, 11) is 0. The fraction of sp³-hybridized carbons (Fsp3) is 0.455. The second-order valence-corrected chi connectivity index (χ2v) is 3.73. The lowest BCUT2D eigenvalue weighted by atomic mass is 10.1. The molecule has 0 unspecified atom stereocenters. The third-order valence-corrected chi connectivity index (χ3v) is 2.64. The number of halogens is 1. The van der Waals surface area contributed by atoms with E-state index in [1.54, 1.807) is 11.1 Å². The molecule has 1 aliphatic rings. The maximum absolute atomic E-state index is 11.6. The smallest absolute Gasteiger partial charge is 0.228 e. The predicted molar refractivity (Wildman–Crippen MR) is 65.6 cm³/mol. The van der Waals surface area contributed by atoms with Crippen LogP contribution in [0.1, 0.15) is 24.8 Å². The first-order chi connectivity index (χ1) is 7.31. The van der Waals surface area contributed by atoms with Crippen molar-refractivity contribution < 1.29 is 4.79 Å². The van der Waals surface area contributed by atoms with E-state index in [4.69, 9.17) is 5.73 Å². The molecule has 0 spiro atoms. The number of anilines is 1. The Balaban J connectivity index is 0.00000128. The molecule has 0 atom stereocenters. The zero-order chi connectivity index (χ0) is 10.7. The third kappa shape index (κ3) is 2.71. The van der Waals surface area contributed by atoms with E-state index in [2.05, 4.69) is 4.98 Å². The molecular weight excluding hydrogens is 226 g/mol. The molecule has 16 heavy (non-hydrogen) atoms. The summed E-state index contributed by atoms with van der Waals surface area (Å²) < 4.78 is 0. The highest BCUT2D eigenvalue weighted by Gasteiger charge is 2.20. The Morgan fingerprint density at radius 1 is 1.38 bits per heavy atom. The average Bonchev–Trinajstić information content (AvgIpc) is 2.30. The number of rotatable bonds is 2. The Morgan fingerprint density at radius 2 is 2.19 bits per heavy atom. The van der Waals surface area contributed by atoms with Crippen molar-refractivity contribution in [1.29, 1.82) is 0 Å². The molecule has 1 aromatic heterocycles. The van der Waals surface area contributed by atoms with Gasteiger partial charge in [0.2, 0.25) is 5.91 Å². The van der Waals surface area contributed by atoms with Gasteiger partial charge in [-0.2, -0.15) is 0 Å². The second kappa shape index (κ2) is 5.82. The minimum Gasteiger partial charge on any atom is -0.326 e. The van der Waals surface area contributed by atoms with E-state index in [-0.39, 0.29) is 18.3 Å². The Labute approximate surface area is 101 Å². The van der Waals surface area contributed by atoms with Crippen LogP contribution in [0.25, 0.3) is 0 Å². The van der Waals surface area contributed by atoms with Gasteiger partial charge in [-0.3, -0.25) is 9.69 Å². The van der Waals surface area contributed by atoms with Crippen molar-refractivity contribution >= 4 is 24.1 Å². The highest BCUT2D eigenvalue weighted by Crippen LogP contribution is 2.18. The molecule has 0 bridgehead atoms. The summed E-state index contributed by atoms with van der Waals surface area (Å²) in [6.07, 6.45) is 4.43. The van der Waals surface area contributed by atoms with Gasteiger partial charge in [-0.05, 0) is 24.5 Å². The van der Waals surface area contributed by atoms with Crippen LogP contribution < -0.4 is 10.6 Å². The summed E-state index contributed by atoms with van der Waals surface area (Å²) in [5.41, 5.74) is 6.47. The van der Waals surface area contributed by atoms with Gasteiger partial charge in [-0.1, -0.05) is 6.07 Å². The van der Waals surface area contributed by atoms with Gasteiger partial charge >= 0.3 is 0 Å². The number of hydrogen-bond acceptors (Lipinski definition) is 3. The van der Waals surface area contributed by atoms with Gasteiger partial charge in [0.1, 0.15) is 5.82 Å². The lowest BCUT2D eigenvalue weighted by Crippen LogP contribution is -2.35. The molecule has 88 valence electrons. The van der Waals surface area contributed by atoms with E-state index < -0.39 is 0 Å². The Hall–Kier alpha value is -1.13. The number of carbonyl (C=O) groups is 1. The molecule has 2 rings (SSSR count). The monoisotopic (exact) mass is 241 g/mol. The molecule has 1 amide bonds. The summed E-state index contributed by atoms with van der Waals surface area (Å²) >= 11 is 0. The highest BCUT2D eigenvalue weighted by atomic mass is 35.5. The minimum absolute atomic E-state index is 0. The fourth-order valence-electron chi connectivity index (χ4n) is 1.75. The molecule has 0 aliphatic carbocycles. The lowest BCUT2D eigenvalue weighted by Gasteiger charge is -2.25. The van der Waals surface area contributed by atoms with E-state index in [9.17, 15) is 4.79 Å². The van der Waals surface area contributed by atoms with Gasteiger partial charge in [0.25, 0.3) is 0 Å². The number of amides is 1. The first kappa shape index (κ1) is 12.9. The summed E-state index contributed by atoms with van der Waals surface area (Å²) in [4.78, 5) is 17.6. The highest BCUT2D eigenvalue weighted by molar-refractivity contribution is 5.92. The van der Waals surface area contributed by atoms with Gasteiger partial charge in [-0.15, -0.1) is 12.4 Å². The summed E-state index contributed by atoms with van der Waals surface area (Å²) in [6, 6.07) is 3.79. The first-order valence-electron chi connectivity index (χ1n) is 5.26. The van der Waals surface area contributed by atoms with Gasteiger partial charge in [0.15, 0.2) is 0 Å². The van der Waals surface area contributed by atoms with Crippen LogP contribution in [-0.2, 0) is 11.3 Å². The number of nitrogens with two attached hydrogens (primary N) is 1. The lowest BCUT2D eigenvalue weighted by molar-refractivity contribution is -0.119. The number of piperidine rings is 1. The van der Waals surface area contributed by atoms with Crippen LogP contribution >= 0.6 is 12.4 Å². The van der Waals surface area contributed by atoms with Crippen LogP contribution in [-0.4, -0.2) is 17.4 Å². The first-order valence-corrected chi connectivity index (χ1v) is 5.26. The number of aromatic nitrogens is 1. The van der Waals surface area contributed by atoms with Crippen LogP contribution in [0.2, 0.25) is 0 Å². The summed E-state index contributed by atoms with van der Waals surface area (Å²) in [5.74, 6) is 0.922. The molecule has 1 aliphatic heterocycles. The number of hydrogen-bond donors (Lipinski definition) is 1. The Kier molecular flexibility index (Phi) is 4.71. The standard InChI is InChI=1S/C11H15N3O.ClH/c12-7-9-4-5-10(13-8-9)14-6-2-1-3-11(14)15;/h4-5,8H,1-3,6-7,12H2;1H. The molecule has 1 fully saturated rings. The van der Waals surface area contributed by atoms with E-state index >= 15 is 0 Å². The van der Waals surface area contributed by atoms with Gasteiger partial charge in [-0.25, -0.2) is 4.98 Å². The van der Waals surface area contributed by atoms with Gasteiger partial charge in [0.05, 0.1) is 0 Å². The fourth-order valence-corrected chi connectivity index (χ4v) is 1.75. The number of pyridine rings is 1. The molecule has 2 N–H and O–H groups in total. The van der Waals surface area contributed by atoms with Crippen LogP contribution in [0.15, 0.2) is 18.3 Å². The SMILES string of the molecule is Cl.NCc1ccc(N2CCCCC2=O)nc1. The van der Waals surface area contributed by atoms with Crippen LogP contribution in [0.3, 0.4) is 0 Å². The maximum atomic E-state index is 11.6. The van der Waals surface area contributed by atoms with Crippen molar-refractivity contribution in [2.45, 2.75) is 25.8 Å². The van der Waals surface area contributed by atoms with Crippen LogP contribution in [0, 0.1) is 0 Å². The topological polar surface area (TPSA) is 59.2 Å². The van der Waals surface area contributed by atoms with Crippen molar-refractivity contribution in [3.8, 4) is 0 Å². The van der Waals surface area contributed by atoms with Gasteiger partial charge < -0.3 is 5.73 Å². The van der Waals surface area contributed by atoms with E-state index in [1.807, 2.05) is 12.1 Å². The molecule has 1 saturated heterocycles. The predicted octanol–water partition coefficient (Wildman–Crippen LogP) is 1.48. The zero-order valence-corrected chi connectivity index (χ0v) is 9.87. The normalized spacial score (nSPS) is 15.8. The molecule has 5 heteroatoms. The zero-order valence-electron chi connectivity index (χ0n) is 9.06. The summed E-state index contributed by atoms with van der Waals surface area (Å²) in [5, 5.41) is 0. The quantitative estimate of drug-likeness (QED) is 0.853. The Bertz CT molecular complexity index is 353. The molecular formula is C11H16ClN3O. The summed E-state index contributed by atoms with van der Waals surface area (Å²) in [6.45, 7) is 1.27. The van der Waals surface area contributed by atoms with E-state index in [1.165, 1.54) is 0 Å². The molecule has 2 heterocycles. The Morgan fingerprint density at radius 3 is 2.75 bits per heavy atom. The van der Waals surface area contributed by atoms with Crippen molar-refractivity contribution in [2.75, 3.05) is 11.4 Å². The van der Waals surface area contributed by atoms with Crippen molar-refractivity contribution in [2.24, 2.45) is 5.73 Å². The van der Waals surface area contributed by atoms with Crippen molar-refractivity contribution in [3.63, 3.8) is 0 Å². The molecule has 4 nitrogen and oxygen atoms in total. The second-order valence-electron chi connectivity index (χ2n) is 3.73. The molecule has 0 aromatic carbocycles. The van der Waals surface area contributed by atoms with Gasteiger partial charge in [0, 0.05) is 25.7 Å². The van der Waals surface area contributed by atoms with Crippen LogP contribution in [0.5, 0.6) is 0 Å². The third-order valence-electron chi connectivity index (χ3n) is 2.64. The molecule has 0 radical (unpaired) electrons. The number of carbonyl (C=O) groups excluding carboxylic acids is 1. The van der Waals surface area contributed by atoms with Crippen molar-refractivity contribution in [3.05, 3.63) is 23.9 Å². The van der Waals surface area contributed by atoms with Crippen molar-refractivity contribution in [1.82, 2.24) is 4.98 Å². The minimum atomic E-state index is 0. The maximum Gasteiger partial charge on any atom is 0.228 e. The van der Waals surface area contributed by atoms with E-state index in [0.717, 1.165) is 30.8 Å².